The fourth-order valence-electron chi connectivity index (χ4n) is 1.80. The second-order valence-electron chi connectivity index (χ2n) is 4.67. The van der Waals surface area contributed by atoms with Gasteiger partial charge in [0, 0.05) is 5.56 Å². The van der Waals surface area contributed by atoms with E-state index < -0.39 is 11.6 Å². The number of ether oxygens (including phenoxy) is 3. The van der Waals surface area contributed by atoms with Crippen LogP contribution in [0.1, 0.15) is 47.1 Å². The molecule has 0 spiro atoms. The van der Waals surface area contributed by atoms with E-state index >= 15 is 0 Å². The third kappa shape index (κ3) is 9.17. The normalized spacial score (nSPS) is 17.3. The Balaban J connectivity index is 0. The number of aliphatic hydroxyl groups excluding tert-OH is 1. The molecule has 1 aromatic rings. The van der Waals surface area contributed by atoms with Crippen LogP contribution < -0.4 is 10.5 Å². The molecule has 1 saturated heterocycles. The van der Waals surface area contributed by atoms with E-state index in [1.165, 1.54) is 25.2 Å². The van der Waals surface area contributed by atoms with Gasteiger partial charge in [0.15, 0.2) is 5.79 Å². The smallest absolute Gasteiger partial charge is 0.163 e. The number of halogens is 1. The molecule has 1 unspecified atom stereocenters. The Morgan fingerprint density at radius 3 is 2.29 bits per heavy atom. The first-order valence-electron chi connectivity index (χ1n) is 8.42. The lowest BCUT2D eigenvalue weighted by atomic mass is 10.2. The summed E-state index contributed by atoms with van der Waals surface area (Å²) >= 11 is 0. The monoisotopic (exact) mass is 347 g/mol. The number of nitrogens with two attached hydrogens (primary N) is 1. The van der Waals surface area contributed by atoms with Gasteiger partial charge >= 0.3 is 0 Å². The van der Waals surface area contributed by atoms with Gasteiger partial charge in [-0.3, -0.25) is 0 Å². The summed E-state index contributed by atoms with van der Waals surface area (Å²) < 4.78 is 29.6. The van der Waals surface area contributed by atoms with Gasteiger partial charge < -0.3 is 25.1 Å². The van der Waals surface area contributed by atoms with Crippen molar-refractivity contribution in [2.45, 2.75) is 60.0 Å². The van der Waals surface area contributed by atoms with Gasteiger partial charge in [-0.25, -0.2) is 4.39 Å². The SMILES string of the molecule is CC.CC.CC1(C)OCC(COc2ccc(F)c(CO)c2)O1.CN. The summed E-state index contributed by atoms with van der Waals surface area (Å²) in [5.41, 5.74) is 4.72. The zero-order valence-electron chi connectivity index (χ0n) is 16.1. The molecule has 1 aliphatic heterocycles. The Hall–Kier alpha value is -1.21. The van der Waals surface area contributed by atoms with E-state index in [4.69, 9.17) is 19.3 Å². The van der Waals surface area contributed by atoms with Crippen LogP contribution in [0.5, 0.6) is 5.75 Å². The van der Waals surface area contributed by atoms with Crippen LogP contribution in [-0.4, -0.2) is 37.3 Å². The summed E-state index contributed by atoms with van der Waals surface area (Å²) in [5, 5.41) is 8.95. The van der Waals surface area contributed by atoms with Gasteiger partial charge in [-0.1, -0.05) is 27.7 Å². The molecular formula is C18H34FNO4. The number of aliphatic hydroxyl groups is 1. The van der Waals surface area contributed by atoms with Crippen LogP contribution in [0, 0.1) is 5.82 Å². The van der Waals surface area contributed by atoms with E-state index in [0.717, 1.165) is 0 Å². The fraction of sp³-hybridized carbons (Fsp3) is 0.667. The van der Waals surface area contributed by atoms with Crippen molar-refractivity contribution in [3.05, 3.63) is 29.6 Å². The van der Waals surface area contributed by atoms with Crippen molar-refractivity contribution in [2.75, 3.05) is 20.3 Å². The molecule has 1 aliphatic rings. The molecule has 0 aromatic heterocycles. The zero-order valence-corrected chi connectivity index (χ0v) is 16.1. The van der Waals surface area contributed by atoms with Crippen molar-refractivity contribution in [2.24, 2.45) is 5.73 Å². The number of rotatable bonds is 4. The number of benzene rings is 1. The minimum Gasteiger partial charge on any atom is -0.491 e. The molecule has 1 heterocycles. The summed E-state index contributed by atoms with van der Waals surface area (Å²) in [7, 11) is 1.50. The molecule has 2 rings (SSSR count). The van der Waals surface area contributed by atoms with Crippen molar-refractivity contribution in [3.63, 3.8) is 0 Å². The zero-order chi connectivity index (χ0) is 19.2. The Morgan fingerprint density at radius 2 is 1.83 bits per heavy atom. The highest BCUT2D eigenvalue weighted by molar-refractivity contribution is 5.29. The standard InChI is InChI=1S/C13H17FO4.2C2H6.CH5N/c1-13(2)17-8-11(18-13)7-16-10-3-4-12(14)9(5-10)6-15;3*1-2/h3-5,11,15H,6-8H2,1-2H3;2*1-2H3;2H2,1H3. The Bertz CT molecular complexity index is 427. The predicted octanol–water partition coefficient (Wildman–Crippen LogP) is 3.48. The maximum absolute atomic E-state index is 13.2. The summed E-state index contributed by atoms with van der Waals surface area (Å²) in [6.45, 7) is 12.1. The van der Waals surface area contributed by atoms with E-state index in [1.807, 2.05) is 41.5 Å². The van der Waals surface area contributed by atoms with Crippen LogP contribution in [0.15, 0.2) is 18.2 Å². The Kier molecular flexibility index (Phi) is 14.8. The van der Waals surface area contributed by atoms with E-state index in [0.29, 0.717) is 19.0 Å². The highest BCUT2D eigenvalue weighted by atomic mass is 19.1. The lowest BCUT2D eigenvalue weighted by Gasteiger charge is -2.17. The maximum Gasteiger partial charge on any atom is 0.163 e. The highest BCUT2D eigenvalue weighted by Crippen LogP contribution is 2.23. The maximum atomic E-state index is 13.2. The first-order chi connectivity index (χ1) is 11.5. The van der Waals surface area contributed by atoms with Gasteiger partial charge in [-0.15, -0.1) is 0 Å². The van der Waals surface area contributed by atoms with Gasteiger partial charge in [0.2, 0.25) is 0 Å². The second kappa shape index (κ2) is 14.2. The third-order valence-electron chi connectivity index (χ3n) is 2.69. The topological polar surface area (TPSA) is 73.9 Å². The van der Waals surface area contributed by atoms with E-state index in [2.05, 4.69) is 5.73 Å². The van der Waals surface area contributed by atoms with Gasteiger partial charge in [0.25, 0.3) is 0 Å². The van der Waals surface area contributed by atoms with Crippen molar-refractivity contribution in [3.8, 4) is 5.75 Å². The molecule has 5 nitrogen and oxygen atoms in total. The highest BCUT2D eigenvalue weighted by Gasteiger charge is 2.32. The fourth-order valence-corrected chi connectivity index (χ4v) is 1.80. The number of hydrogen-bond donors (Lipinski definition) is 2. The summed E-state index contributed by atoms with van der Waals surface area (Å²) in [4.78, 5) is 0. The second-order valence-corrected chi connectivity index (χ2v) is 4.67. The van der Waals surface area contributed by atoms with E-state index in [9.17, 15) is 4.39 Å². The van der Waals surface area contributed by atoms with Crippen molar-refractivity contribution < 1.29 is 23.7 Å². The molecule has 24 heavy (non-hydrogen) atoms. The van der Waals surface area contributed by atoms with Crippen molar-refractivity contribution in [1.29, 1.82) is 0 Å². The lowest BCUT2D eigenvalue weighted by Crippen LogP contribution is -2.25. The molecule has 0 aliphatic carbocycles. The lowest BCUT2D eigenvalue weighted by molar-refractivity contribution is -0.141. The van der Waals surface area contributed by atoms with Crippen LogP contribution in [0.2, 0.25) is 0 Å². The van der Waals surface area contributed by atoms with E-state index in [1.54, 1.807) is 0 Å². The Morgan fingerprint density at radius 1 is 1.25 bits per heavy atom. The minimum atomic E-state index is -0.576. The van der Waals surface area contributed by atoms with Gasteiger partial charge in [-0.2, -0.15) is 0 Å². The third-order valence-corrected chi connectivity index (χ3v) is 2.69. The Labute approximate surface area is 145 Å². The van der Waals surface area contributed by atoms with Gasteiger partial charge in [0.05, 0.1) is 13.2 Å². The predicted molar refractivity (Wildman–Crippen MR) is 95.5 cm³/mol. The molecule has 1 atom stereocenters. The average molecular weight is 347 g/mol. The van der Waals surface area contributed by atoms with Crippen LogP contribution in [0.25, 0.3) is 0 Å². The minimum absolute atomic E-state index is 0.136. The molecule has 1 fully saturated rings. The molecule has 0 saturated carbocycles. The van der Waals surface area contributed by atoms with Crippen LogP contribution in [-0.2, 0) is 16.1 Å². The quantitative estimate of drug-likeness (QED) is 0.872. The summed E-state index contributed by atoms with van der Waals surface area (Å²) in [6.07, 6.45) is -0.136. The van der Waals surface area contributed by atoms with Crippen LogP contribution in [0.3, 0.4) is 0 Å². The van der Waals surface area contributed by atoms with E-state index in [-0.39, 0.29) is 18.3 Å². The van der Waals surface area contributed by atoms with Crippen molar-refractivity contribution in [1.82, 2.24) is 0 Å². The molecule has 3 N–H and O–H groups in total. The molecular weight excluding hydrogens is 313 g/mol. The van der Waals surface area contributed by atoms with Gasteiger partial charge in [0.1, 0.15) is 24.3 Å². The van der Waals surface area contributed by atoms with Crippen molar-refractivity contribution >= 4 is 0 Å². The first kappa shape index (κ1) is 25.0. The molecule has 0 amide bonds. The molecule has 0 radical (unpaired) electrons. The largest absolute Gasteiger partial charge is 0.491 e. The summed E-state index contributed by atoms with van der Waals surface area (Å²) in [5.74, 6) is -0.507. The molecule has 1 aromatic carbocycles. The number of hydrogen-bond acceptors (Lipinski definition) is 5. The van der Waals surface area contributed by atoms with Crippen LogP contribution in [0.4, 0.5) is 4.39 Å². The summed E-state index contributed by atoms with van der Waals surface area (Å²) in [6, 6.07) is 4.28. The van der Waals surface area contributed by atoms with Crippen LogP contribution >= 0.6 is 0 Å². The first-order valence-corrected chi connectivity index (χ1v) is 8.42. The average Bonchev–Trinajstić information content (AvgIpc) is 2.98. The molecule has 6 heteroatoms. The van der Waals surface area contributed by atoms with Gasteiger partial charge in [-0.05, 0) is 39.1 Å². The molecule has 0 bridgehead atoms. The molecule has 142 valence electrons.